The third-order valence-electron chi connectivity index (χ3n) is 6.24. The lowest BCUT2D eigenvalue weighted by molar-refractivity contribution is -0.143. The molecule has 4 rings (SSSR count). The summed E-state index contributed by atoms with van der Waals surface area (Å²) < 4.78 is 5.91. The Morgan fingerprint density at radius 1 is 1.11 bits per heavy atom. The van der Waals surface area contributed by atoms with E-state index in [9.17, 15) is 14.4 Å². The number of piperazine rings is 1. The van der Waals surface area contributed by atoms with Gasteiger partial charge < -0.3 is 24.4 Å². The molecule has 152 valence electrons. The van der Waals surface area contributed by atoms with E-state index < -0.39 is 0 Å². The maximum atomic E-state index is 13.0. The van der Waals surface area contributed by atoms with Crippen molar-refractivity contribution in [1.29, 1.82) is 0 Å². The number of morpholine rings is 1. The van der Waals surface area contributed by atoms with Gasteiger partial charge in [-0.2, -0.15) is 0 Å². The summed E-state index contributed by atoms with van der Waals surface area (Å²) in [6.45, 7) is 4.31. The topological polar surface area (TPSA) is 85.9 Å². The quantitative estimate of drug-likeness (QED) is 0.780. The summed E-state index contributed by atoms with van der Waals surface area (Å²) in [5.74, 6) is -0.0576. The molecule has 2 amide bonds. The molecule has 28 heavy (non-hydrogen) atoms. The van der Waals surface area contributed by atoms with Gasteiger partial charge in [-0.05, 0) is 32.4 Å². The third-order valence-corrected chi connectivity index (χ3v) is 6.24. The summed E-state index contributed by atoms with van der Waals surface area (Å²) in [6, 6.07) is 4.48. The van der Waals surface area contributed by atoms with Crippen molar-refractivity contribution in [2.24, 2.45) is 5.92 Å². The fourth-order valence-corrected chi connectivity index (χ4v) is 4.60. The smallest absolute Gasteiger partial charge is 0.270 e. The van der Waals surface area contributed by atoms with Crippen LogP contribution in [0.2, 0.25) is 0 Å². The predicted octanol–water partition coefficient (Wildman–Crippen LogP) is 0.159. The molecule has 3 aliphatic rings. The minimum absolute atomic E-state index is 0.0373. The first-order valence-electron chi connectivity index (χ1n) is 10.1. The monoisotopic (exact) mass is 388 g/mol. The Labute approximate surface area is 164 Å². The van der Waals surface area contributed by atoms with Crippen LogP contribution in [-0.2, 0) is 9.53 Å². The Bertz CT molecular complexity index is 786. The number of hydrogen-bond acceptors (Lipinski definition) is 5. The molecular formula is C20H28N4O4. The van der Waals surface area contributed by atoms with E-state index in [4.69, 9.17) is 4.74 Å². The summed E-state index contributed by atoms with van der Waals surface area (Å²) in [7, 11) is 2.07. The van der Waals surface area contributed by atoms with Crippen molar-refractivity contribution < 1.29 is 14.3 Å². The largest absolute Gasteiger partial charge is 0.374 e. The minimum atomic E-state index is -0.289. The van der Waals surface area contributed by atoms with Crippen LogP contribution < -0.4 is 5.56 Å². The van der Waals surface area contributed by atoms with Gasteiger partial charge in [-0.25, -0.2) is 0 Å². The van der Waals surface area contributed by atoms with Gasteiger partial charge in [0, 0.05) is 44.7 Å². The SMILES string of the molecule is CN1CCN(C(=O)[C@H]2CC[C@H]3OCCN(C(=O)c4cccc(=O)[nH]4)[C@@H]3C2)CC1. The lowest BCUT2D eigenvalue weighted by Gasteiger charge is -2.46. The number of pyridine rings is 1. The van der Waals surface area contributed by atoms with E-state index >= 15 is 0 Å². The van der Waals surface area contributed by atoms with Crippen LogP contribution in [0.4, 0.5) is 0 Å². The Hall–Kier alpha value is -2.19. The Morgan fingerprint density at radius 2 is 1.89 bits per heavy atom. The highest BCUT2D eigenvalue weighted by atomic mass is 16.5. The summed E-state index contributed by atoms with van der Waals surface area (Å²) in [5.41, 5.74) is 0.00286. The number of nitrogens with zero attached hydrogens (tertiary/aromatic N) is 3. The molecular weight excluding hydrogens is 360 g/mol. The van der Waals surface area contributed by atoms with Gasteiger partial charge in [0.05, 0.1) is 18.8 Å². The van der Waals surface area contributed by atoms with E-state index in [1.807, 2.05) is 4.90 Å². The molecule has 3 heterocycles. The molecule has 0 radical (unpaired) electrons. The number of hydrogen-bond donors (Lipinski definition) is 1. The van der Waals surface area contributed by atoms with E-state index in [2.05, 4.69) is 16.9 Å². The number of nitrogens with one attached hydrogen (secondary N) is 1. The molecule has 2 saturated heterocycles. The van der Waals surface area contributed by atoms with Crippen molar-refractivity contribution in [2.75, 3.05) is 46.4 Å². The maximum absolute atomic E-state index is 13.0. The average Bonchev–Trinajstić information content (AvgIpc) is 2.72. The molecule has 1 aliphatic carbocycles. The van der Waals surface area contributed by atoms with E-state index in [0.29, 0.717) is 25.3 Å². The lowest BCUT2D eigenvalue weighted by Crippen LogP contribution is -2.58. The molecule has 8 nitrogen and oxygen atoms in total. The molecule has 0 bridgehead atoms. The number of aromatic amines is 1. The highest BCUT2D eigenvalue weighted by Gasteiger charge is 2.43. The normalized spacial score (nSPS) is 28.7. The van der Waals surface area contributed by atoms with E-state index in [1.54, 1.807) is 17.0 Å². The fourth-order valence-electron chi connectivity index (χ4n) is 4.60. The number of ether oxygens (including phenoxy) is 1. The fraction of sp³-hybridized carbons (Fsp3) is 0.650. The van der Waals surface area contributed by atoms with Crippen molar-refractivity contribution in [3.05, 3.63) is 34.2 Å². The van der Waals surface area contributed by atoms with Crippen molar-refractivity contribution in [1.82, 2.24) is 19.7 Å². The molecule has 1 saturated carbocycles. The highest BCUT2D eigenvalue weighted by Crippen LogP contribution is 2.34. The second-order valence-electron chi connectivity index (χ2n) is 8.04. The number of carbonyl (C=O) groups excluding carboxylic acids is 2. The van der Waals surface area contributed by atoms with Crippen LogP contribution in [0, 0.1) is 5.92 Å². The van der Waals surface area contributed by atoms with Gasteiger partial charge in [0.15, 0.2) is 0 Å². The van der Waals surface area contributed by atoms with Gasteiger partial charge in [0.1, 0.15) is 5.69 Å². The van der Waals surface area contributed by atoms with Gasteiger partial charge in [0.2, 0.25) is 11.5 Å². The molecule has 1 aromatic heterocycles. The van der Waals surface area contributed by atoms with Gasteiger partial charge in [0.25, 0.3) is 5.91 Å². The molecule has 8 heteroatoms. The molecule has 0 spiro atoms. The van der Waals surface area contributed by atoms with Gasteiger partial charge in [-0.15, -0.1) is 0 Å². The highest BCUT2D eigenvalue weighted by molar-refractivity contribution is 5.92. The minimum Gasteiger partial charge on any atom is -0.374 e. The van der Waals surface area contributed by atoms with Crippen molar-refractivity contribution >= 4 is 11.8 Å². The predicted molar refractivity (Wildman–Crippen MR) is 103 cm³/mol. The molecule has 1 N–H and O–H groups in total. The molecule has 0 unspecified atom stereocenters. The first-order chi connectivity index (χ1) is 13.5. The van der Waals surface area contributed by atoms with Crippen molar-refractivity contribution in [3.63, 3.8) is 0 Å². The summed E-state index contributed by atoms with van der Waals surface area (Å²) in [5, 5.41) is 0. The van der Waals surface area contributed by atoms with E-state index in [0.717, 1.165) is 39.0 Å². The number of aromatic nitrogens is 1. The summed E-state index contributed by atoms with van der Waals surface area (Å²) in [4.78, 5) is 46.3. The van der Waals surface area contributed by atoms with Crippen LogP contribution in [0.25, 0.3) is 0 Å². The second-order valence-corrected chi connectivity index (χ2v) is 8.04. The molecule has 1 aromatic rings. The second kappa shape index (κ2) is 8.05. The lowest BCUT2D eigenvalue weighted by atomic mass is 9.81. The summed E-state index contributed by atoms with van der Waals surface area (Å²) >= 11 is 0. The van der Waals surface area contributed by atoms with Gasteiger partial charge in [-0.1, -0.05) is 6.07 Å². The summed E-state index contributed by atoms with van der Waals surface area (Å²) in [6.07, 6.45) is 2.17. The molecule has 2 aliphatic heterocycles. The van der Waals surface area contributed by atoms with Crippen LogP contribution in [0.15, 0.2) is 23.0 Å². The number of amides is 2. The van der Waals surface area contributed by atoms with Crippen LogP contribution in [0.5, 0.6) is 0 Å². The van der Waals surface area contributed by atoms with Gasteiger partial charge >= 0.3 is 0 Å². The zero-order chi connectivity index (χ0) is 19.7. The number of carbonyl (C=O) groups is 2. The van der Waals surface area contributed by atoms with Crippen LogP contribution in [0.3, 0.4) is 0 Å². The average molecular weight is 388 g/mol. The Balaban J connectivity index is 1.48. The first-order valence-corrected chi connectivity index (χ1v) is 10.1. The number of likely N-dealkylation sites (N-methyl/N-ethyl adjacent to an activating group) is 1. The van der Waals surface area contributed by atoms with Crippen LogP contribution in [0.1, 0.15) is 29.8 Å². The van der Waals surface area contributed by atoms with Crippen molar-refractivity contribution in [2.45, 2.75) is 31.4 Å². The number of fused-ring (bicyclic) bond motifs is 1. The number of H-pyrrole nitrogens is 1. The zero-order valence-electron chi connectivity index (χ0n) is 16.3. The number of rotatable bonds is 2. The van der Waals surface area contributed by atoms with E-state index in [1.165, 1.54) is 6.07 Å². The standard InChI is InChI=1S/C20H28N4O4/c1-22-7-9-23(10-8-22)19(26)14-5-6-17-16(13-14)24(11-12-28-17)20(27)15-3-2-4-18(25)21-15/h2-4,14,16-17H,5-13H2,1H3,(H,21,25)/t14-,16+,17+/m0/s1. The van der Waals surface area contributed by atoms with E-state index in [-0.39, 0.29) is 35.4 Å². The van der Waals surface area contributed by atoms with Crippen LogP contribution >= 0.6 is 0 Å². The Kier molecular flexibility index (Phi) is 5.50. The Morgan fingerprint density at radius 3 is 2.64 bits per heavy atom. The van der Waals surface area contributed by atoms with Gasteiger partial charge in [-0.3, -0.25) is 14.4 Å². The maximum Gasteiger partial charge on any atom is 0.270 e. The first kappa shape index (κ1) is 19.1. The molecule has 0 aromatic carbocycles. The zero-order valence-corrected chi connectivity index (χ0v) is 16.3. The molecule has 3 atom stereocenters. The van der Waals surface area contributed by atoms with Crippen LogP contribution in [-0.4, -0.2) is 90.0 Å². The van der Waals surface area contributed by atoms with Crippen molar-refractivity contribution in [3.8, 4) is 0 Å². The molecule has 3 fully saturated rings. The third kappa shape index (κ3) is 3.84.